The fourth-order valence-corrected chi connectivity index (χ4v) is 2.94. The van der Waals surface area contributed by atoms with Crippen molar-refractivity contribution >= 4 is 34.9 Å². The molecule has 2 aromatic carbocycles. The first-order chi connectivity index (χ1) is 12.0. The molecule has 0 aromatic heterocycles. The molecule has 0 radical (unpaired) electrons. The van der Waals surface area contributed by atoms with Crippen molar-refractivity contribution in [2.45, 2.75) is 17.7 Å². The number of hydrogen-bond donors (Lipinski definition) is 1. The Labute approximate surface area is 157 Å². The fourth-order valence-electron chi connectivity index (χ4n) is 2.29. The summed E-state index contributed by atoms with van der Waals surface area (Å²) in [5, 5.41) is 9.07. The van der Waals surface area contributed by atoms with E-state index in [1.54, 1.807) is 16.7 Å². The van der Waals surface area contributed by atoms with Crippen LogP contribution in [-0.4, -0.2) is 32.4 Å². The Kier molecular flexibility index (Phi) is 7.59. The molecule has 0 aliphatic carbocycles. The van der Waals surface area contributed by atoms with Crippen molar-refractivity contribution in [3.8, 4) is 5.75 Å². The highest BCUT2D eigenvalue weighted by molar-refractivity contribution is 7.98. The first-order valence-electron chi connectivity index (χ1n) is 7.97. The minimum atomic E-state index is -0.389. The van der Waals surface area contributed by atoms with Crippen molar-refractivity contribution in [1.82, 2.24) is 0 Å². The molecule has 0 aliphatic heterocycles. The lowest BCUT2D eigenvalue weighted by atomic mass is 10.1. The SMILES string of the molecule is CSc1ccc(Cl)c(CC(=N)N(C)c2cccc(OCCCF)c2)c1. The second kappa shape index (κ2) is 9.68. The zero-order chi connectivity index (χ0) is 18.2. The third-order valence-electron chi connectivity index (χ3n) is 3.77. The molecule has 3 nitrogen and oxygen atoms in total. The van der Waals surface area contributed by atoms with Gasteiger partial charge in [-0.1, -0.05) is 17.7 Å². The summed E-state index contributed by atoms with van der Waals surface area (Å²) in [4.78, 5) is 2.92. The number of halogens is 2. The number of anilines is 1. The summed E-state index contributed by atoms with van der Waals surface area (Å²) < 4.78 is 17.7. The average molecular weight is 381 g/mol. The average Bonchev–Trinajstić information content (AvgIpc) is 2.63. The second-order valence-corrected chi connectivity index (χ2v) is 6.82. The number of nitrogens with one attached hydrogen (secondary N) is 1. The van der Waals surface area contributed by atoms with Crippen LogP contribution in [0.2, 0.25) is 5.02 Å². The minimum absolute atomic E-state index is 0.345. The zero-order valence-electron chi connectivity index (χ0n) is 14.4. The number of alkyl halides is 1. The highest BCUT2D eigenvalue weighted by Crippen LogP contribution is 2.25. The monoisotopic (exact) mass is 380 g/mol. The summed E-state index contributed by atoms with van der Waals surface area (Å²) in [5.41, 5.74) is 1.78. The van der Waals surface area contributed by atoms with Crippen molar-refractivity contribution < 1.29 is 9.13 Å². The van der Waals surface area contributed by atoms with Crippen molar-refractivity contribution in [2.24, 2.45) is 0 Å². The first kappa shape index (κ1) is 19.6. The summed E-state index contributed by atoms with van der Waals surface area (Å²) in [7, 11) is 1.84. The lowest BCUT2D eigenvalue weighted by Crippen LogP contribution is -2.27. The van der Waals surface area contributed by atoms with Crippen LogP contribution in [0, 0.1) is 5.41 Å². The molecule has 0 spiro atoms. The summed E-state index contributed by atoms with van der Waals surface area (Å²) in [6.45, 7) is -0.0433. The number of likely N-dealkylation sites (N-methyl/N-ethyl adjacent to an activating group) is 1. The van der Waals surface area contributed by atoms with Gasteiger partial charge < -0.3 is 9.64 Å². The molecule has 0 amide bonds. The van der Waals surface area contributed by atoms with Gasteiger partial charge in [0, 0.05) is 41.6 Å². The van der Waals surface area contributed by atoms with Gasteiger partial charge in [0.2, 0.25) is 0 Å². The number of nitrogens with zero attached hydrogens (tertiary/aromatic N) is 1. The zero-order valence-corrected chi connectivity index (χ0v) is 16.0. The van der Waals surface area contributed by atoms with E-state index in [9.17, 15) is 4.39 Å². The molecule has 2 aromatic rings. The lowest BCUT2D eigenvalue weighted by Gasteiger charge is -2.21. The summed E-state index contributed by atoms with van der Waals surface area (Å²) in [6.07, 6.45) is 2.83. The molecule has 25 heavy (non-hydrogen) atoms. The van der Waals surface area contributed by atoms with Gasteiger partial charge in [-0.25, -0.2) is 0 Å². The molecule has 134 valence electrons. The van der Waals surface area contributed by atoms with Crippen LogP contribution in [0.3, 0.4) is 0 Å². The molecule has 0 saturated heterocycles. The van der Waals surface area contributed by atoms with E-state index in [-0.39, 0.29) is 6.67 Å². The molecule has 0 atom stereocenters. The molecule has 0 fully saturated rings. The molecule has 0 unspecified atom stereocenters. The highest BCUT2D eigenvalue weighted by atomic mass is 35.5. The molecule has 2 rings (SSSR count). The summed E-state index contributed by atoms with van der Waals surface area (Å²) in [6, 6.07) is 13.3. The Bertz CT molecular complexity index is 726. The van der Waals surface area contributed by atoms with Crippen molar-refractivity contribution in [3.63, 3.8) is 0 Å². The van der Waals surface area contributed by atoms with E-state index in [4.69, 9.17) is 21.7 Å². The van der Waals surface area contributed by atoms with E-state index in [1.165, 1.54) is 0 Å². The van der Waals surface area contributed by atoms with Gasteiger partial charge in [0.15, 0.2) is 0 Å². The van der Waals surface area contributed by atoms with Gasteiger partial charge in [-0.3, -0.25) is 9.80 Å². The Morgan fingerprint density at radius 2 is 2.08 bits per heavy atom. The molecular weight excluding hydrogens is 359 g/mol. The highest BCUT2D eigenvalue weighted by Gasteiger charge is 2.12. The van der Waals surface area contributed by atoms with Gasteiger partial charge in [0.1, 0.15) is 11.6 Å². The third-order valence-corrected chi connectivity index (χ3v) is 4.86. The predicted octanol–water partition coefficient (Wildman–Crippen LogP) is 5.46. The smallest absolute Gasteiger partial charge is 0.121 e. The number of rotatable bonds is 8. The van der Waals surface area contributed by atoms with Crippen LogP contribution in [0.1, 0.15) is 12.0 Å². The lowest BCUT2D eigenvalue weighted by molar-refractivity contribution is 0.290. The molecular formula is C19H22ClFN2OS. The van der Waals surface area contributed by atoms with Crippen LogP contribution in [0.15, 0.2) is 47.4 Å². The van der Waals surface area contributed by atoms with Crippen LogP contribution in [0.5, 0.6) is 5.75 Å². The van der Waals surface area contributed by atoms with Gasteiger partial charge >= 0.3 is 0 Å². The Morgan fingerprint density at radius 1 is 1.28 bits per heavy atom. The molecule has 6 heteroatoms. The largest absolute Gasteiger partial charge is 0.493 e. The van der Waals surface area contributed by atoms with E-state index in [1.807, 2.05) is 55.8 Å². The van der Waals surface area contributed by atoms with E-state index >= 15 is 0 Å². The van der Waals surface area contributed by atoms with E-state index in [2.05, 4.69) is 0 Å². The maximum absolute atomic E-state index is 12.2. The maximum Gasteiger partial charge on any atom is 0.121 e. The summed E-state index contributed by atoms with van der Waals surface area (Å²) >= 11 is 7.92. The molecule has 1 N–H and O–H groups in total. The van der Waals surface area contributed by atoms with Crippen LogP contribution in [0.4, 0.5) is 10.1 Å². The molecule has 0 aliphatic rings. The maximum atomic E-state index is 12.2. The van der Waals surface area contributed by atoms with Gasteiger partial charge in [0.05, 0.1) is 13.3 Å². The fraction of sp³-hybridized carbons (Fsp3) is 0.316. The van der Waals surface area contributed by atoms with Gasteiger partial charge in [-0.05, 0) is 42.2 Å². The standard InChI is InChI=1S/C19H22ClFN2OS/c1-23(15-5-3-6-16(13-15)24-10-4-9-21)19(22)12-14-11-17(25-2)7-8-18(14)20/h3,5-8,11,13,22H,4,9-10,12H2,1-2H3. The first-order valence-corrected chi connectivity index (χ1v) is 9.58. The molecule has 0 saturated carbocycles. The van der Waals surface area contributed by atoms with Crippen LogP contribution in [-0.2, 0) is 6.42 Å². The second-order valence-electron chi connectivity index (χ2n) is 5.53. The quantitative estimate of drug-likeness (QED) is 0.286. The Hall–Kier alpha value is -1.72. The number of ether oxygens (including phenoxy) is 1. The van der Waals surface area contributed by atoms with Crippen molar-refractivity contribution in [2.75, 3.05) is 31.5 Å². The van der Waals surface area contributed by atoms with Gasteiger partial charge in [-0.15, -0.1) is 11.8 Å². The number of amidine groups is 1. The van der Waals surface area contributed by atoms with Crippen LogP contribution < -0.4 is 9.64 Å². The third kappa shape index (κ3) is 5.65. The number of hydrogen-bond acceptors (Lipinski definition) is 3. The van der Waals surface area contributed by atoms with Crippen LogP contribution in [0.25, 0.3) is 0 Å². The predicted molar refractivity (Wildman–Crippen MR) is 106 cm³/mol. The molecule has 0 heterocycles. The minimum Gasteiger partial charge on any atom is -0.493 e. The Balaban J connectivity index is 2.08. The van der Waals surface area contributed by atoms with Crippen LogP contribution >= 0.6 is 23.4 Å². The van der Waals surface area contributed by atoms with E-state index < -0.39 is 0 Å². The van der Waals surface area contributed by atoms with E-state index in [0.717, 1.165) is 16.1 Å². The van der Waals surface area contributed by atoms with Gasteiger partial charge in [-0.2, -0.15) is 0 Å². The summed E-state index contributed by atoms with van der Waals surface area (Å²) in [5.74, 6) is 1.11. The normalized spacial score (nSPS) is 10.6. The van der Waals surface area contributed by atoms with Crippen molar-refractivity contribution in [1.29, 1.82) is 5.41 Å². The number of thioether (sulfide) groups is 1. The molecule has 0 bridgehead atoms. The van der Waals surface area contributed by atoms with Crippen molar-refractivity contribution in [3.05, 3.63) is 53.1 Å². The topological polar surface area (TPSA) is 36.3 Å². The number of benzene rings is 2. The van der Waals surface area contributed by atoms with E-state index in [0.29, 0.717) is 36.1 Å². The van der Waals surface area contributed by atoms with Gasteiger partial charge in [0.25, 0.3) is 0 Å². The Morgan fingerprint density at radius 3 is 2.80 bits per heavy atom.